The largest absolute Gasteiger partial charge is 0.303 e. The average Bonchev–Trinajstić information content (AvgIpc) is 2.39. The monoisotopic (exact) mass is 233 g/mol. The summed E-state index contributed by atoms with van der Waals surface area (Å²) in [6.07, 6.45) is 6.64. The van der Waals surface area contributed by atoms with E-state index in [0.29, 0.717) is 0 Å². The van der Waals surface area contributed by atoms with Crippen LogP contribution in [0, 0.1) is 0 Å². The molecule has 1 nitrogen and oxygen atoms in total. The molecule has 0 atom stereocenters. The summed E-state index contributed by atoms with van der Waals surface area (Å²) in [5, 5.41) is 0. The molecule has 0 N–H and O–H groups in total. The minimum Gasteiger partial charge on any atom is -0.303 e. The molecule has 0 saturated heterocycles. The van der Waals surface area contributed by atoms with Crippen LogP contribution in [0.25, 0.3) is 0 Å². The van der Waals surface area contributed by atoms with Crippen molar-refractivity contribution in [1.29, 1.82) is 0 Å². The number of nitrogens with zero attached hydrogens (tertiary/aromatic N) is 1. The fourth-order valence-electron chi connectivity index (χ4n) is 2.12. The zero-order chi connectivity index (χ0) is 12.3. The summed E-state index contributed by atoms with van der Waals surface area (Å²) in [4.78, 5) is 2.57. The molecule has 0 unspecified atom stereocenters. The number of hydrogen-bond acceptors (Lipinski definition) is 1. The number of rotatable bonds is 9. The van der Waals surface area contributed by atoms with Crippen LogP contribution >= 0.6 is 0 Å². The topological polar surface area (TPSA) is 3.24 Å². The van der Waals surface area contributed by atoms with Crippen molar-refractivity contribution in [2.45, 2.75) is 46.0 Å². The maximum atomic E-state index is 2.57. The van der Waals surface area contributed by atoms with Crippen LogP contribution in [0.2, 0.25) is 0 Å². The minimum absolute atomic E-state index is 1.18. The Morgan fingerprint density at radius 3 is 2.29 bits per heavy atom. The molecular weight excluding hydrogens is 206 g/mol. The highest BCUT2D eigenvalue weighted by Crippen LogP contribution is 2.04. The molecule has 1 aromatic rings. The second kappa shape index (κ2) is 9.23. The fourth-order valence-corrected chi connectivity index (χ4v) is 2.12. The molecular formula is C16H27N. The van der Waals surface area contributed by atoms with Gasteiger partial charge in [0.15, 0.2) is 0 Å². The van der Waals surface area contributed by atoms with Crippen LogP contribution in [0.15, 0.2) is 30.3 Å². The van der Waals surface area contributed by atoms with E-state index in [0.717, 1.165) is 0 Å². The molecule has 1 heteroatoms. The van der Waals surface area contributed by atoms with Crippen LogP contribution < -0.4 is 0 Å². The van der Waals surface area contributed by atoms with Gasteiger partial charge in [0.2, 0.25) is 0 Å². The number of hydrogen-bond donors (Lipinski definition) is 0. The van der Waals surface area contributed by atoms with Crippen molar-refractivity contribution in [2.75, 3.05) is 19.6 Å². The standard InChI is InChI=1S/C16H27N/c1-3-5-6-10-14-17(4-2)15-13-16-11-8-7-9-12-16/h7-9,11-12H,3-6,10,13-15H2,1-2H3. The van der Waals surface area contributed by atoms with E-state index in [9.17, 15) is 0 Å². The molecule has 0 aromatic heterocycles. The van der Waals surface area contributed by atoms with Crippen molar-refractivity contribution >= 4 is 0 Å². The van der Waals surface area contributed by atoms with Gasteiger partial charge in [0.25, 0.3) is 0 Å². The van der Waals surface area contributed by atoms with E-state index in [2.05, 4.69) is 49.1 Å². The predicted molar refractivity (Wildman–Crippen MR) is 76.4 cm³/mol. The van der Waals surface area contributed by atoms with Crippen molar-refractivity contribution < 1.29 is 0 Å². The molecule has 0 fully saturated rings. The molecule has 0 saturated carbocycles. The second-order valence-electron chi connectivity index (χ2n) is 4.73. The minimum atomic E-state index is 1.18. The second-order valence-corrected chi connectivity index (χ2v) is 4.73. The Morgan fingerprint density at radius 2 is 1.65 bits per heavy atom. The number of benzene rings is 1. The Hall–Kier alpha value is -0.820. The first kappa shape index (κ1) is 14.2. The fraction of sp³-hybridized carbons (Fsp3) is 0.625. The smallest absolute Gasteiger partial charge is 0.00217 e. The molecule has 0 aliphatic carbocycles. The van der Waals surface area contributed by atoms with E-state index in [1.165, 1.54) is 57.3 Å². The van der Waals surface area contributed by atoms with Gasteiger partial charge in [-0.05, 0) is 31.5 Å². The Bertz CT molecular complexity index is 268. The molecule has 1 rings (SSSR count). The van der Waals surface area contributed by atoms with Gasteiger partial charge in [-0.25, -0.2) is 0 Å². The van der Waals surface area contributed by atoms with Crippen LogP contribution in [0.3, 0.4) is 0 Å². The van der Waals surface area contributed by atoms with Crippen molar-refractivity contribution in [1.82, 2.24) is 4.90 Å². The van der Waals surface area contributed by atoms with Crippen LogP contribution in [-0.4, -0.2) is 24.5 Å². The molecule has 0 heterocycles. The van der Waals surface area contributed by atoms with E-state index in [-0.39, 0.29) is 0 Å². The number of unbranched alkanes of at least 4 members (excludes halogenated alkanes) is 3. The van der Waals surface area contributed by atoms with Gasteiger partial charge in [-0.2, -0.15) is 0 Å². The summed E-state index contributed by atoms with van der Waals surface area (Å²) in [6.45, 7) is 8.19. The highest BCUT2D eigenvalue weighted by molar-refractivity contribution is 5.14. The lowest BCUT2D eigenvalue weighted by atomic mass is 10.1. The summed E-state index contributed by atoms with van der Waals surface area (Å²) in [5.74, 6) is 0. The quantitative estimate of drug-likeness (QED) is 0.580. The van der Waals surface area contributed by atoms with Gasteiger partial charge in [-0.3, -0.25) is 0 Å². The zero-order valence-corrected chi connectivity index (χ0v) is 11.5. The summed E-state index contributed by atoms with van der Waals surface area (Å²) < 4.78 is 0. The normalized spacial score (nSPS) is 11.0. The van der Waals surface area contributed by atoms with E-state index in [4.69, 9.17) is 0 Å². The third-order valence-electron chi connectivity index (χ3n) is 3.33. The lowest BCUT2D eigenvalue weighted by Crippen LogP contribution is -2.27. The molecule has 0 bridgehead atoms. The predicted octanol–water partition coefficient (Wildman–Crippen LogP) is 4.13. The Morgan fingerprint density at radius 1 is 0.882 bits per heavy atom. The lowest BCUT2D eigenvalue weighted by molar-refractivity contribution is 0.284. The average molecular weight is 233 g/mol. The van der Waals surface area contributed by atoms with E-state index in [1.54, 1.807) is 0 Å². The van der Waals surface area contributed by atoms with Crippen LogP contribution in [0.5, 0.6) is 0 Å². The van der Waals surface area contributed by atoms with Crippen LogP contribution in [-0.2, 0) is 6.42 Å². The van der Waals surface area contributed by atoms with Crippen molar-refractivity contribution in [3.63, 3.8) is 0 Å². The lowest BCUT2D eigenvalue weighted by Gasteiger charge is -2.20. The molecule has 17 heavy (non-hydrogen) atoms. The molecule has 0 amide bonds. The first-order valence-electron chi connectivity index (χ1n) is 7.13. The third-order valence-corrected chi connectivity index (χ3v) is 3.33. The highest BCUT2D eigenvalue weighted by Gasteiger charge is 2.02. The van der Waals surface area contributed by atoms with Gasteiger partial charge in [-0.1, -0.05) is 63.4 Å². The highest BCUT2D eigenvalue weighted by atomic mass is 15.1. The van der Waals surface area contributed by atoms with Gasteiger partial charge in [0.05, 0.1) is 0 Å². The van der Waals surface area contributed by atoms with Gasteiger partial charge >= 0.3 is 0 Å². The zero-order valence-electron chi connectivity index (χ0n) is 11.5. The Labute approximate surface area is 107 Å². The molecule has 1 aromatic carbocycles. The molecule has 0 aliphatic rings. The van der Waals surface area contributed by atoms with Crippen molar-refractivity contribution in [2.24, 2.45) is 0 Å². The molecule has 0 aliphatic heterocycles. The maximum Gasteiger partial charge on any atom is 0.00217 e. The van der Waals surface area contributed by atoms with E-state index < -0.39 is 0 Å². The van der Waals surface area contributed by atoms with Crippen LogP contribution in [0.1, 0.15) is 45.1 Å². The number of likely N-dealkylation sites (N-methyl/N-ethyl adjacent to an activating group) is 1. The van der Waals surface area contributed by atoms with Gasteiger partial charge in [0, 0.05) is 6.54 Å². The summed E-state index contributed by atoms with van der Waals surface area (Å²) in [6, 6.07) is 10.8. The van der Waals surface area contributed by atoms with E-state index >= 15 is 0 Å². The molecule has 96 valence electrons. The van der Waals surface area contributed by atoms with Gasteiger partial charge < -0.3 is 4.90 Å². The van der Waals surface area contributed by atoms with Gasteiger partial charge in [0.1, 0.15) is 0 Å². The SMILES string of the molecule is CCCCCCN(CC)CCc1ccccc1. The maximum absolute atomic E-state index is 2.57. The van der Waals surface area contributed by atoms with Crippen molar-refractivity contribution in [3.8, 4) is 0 Å². The Balaban J connectivity index is 2.18. The summed E-state index contributed by atoms with van der Waals surface area (Å²) in [5.41, 5.74) is 1.46. The summed E-state index contributed by atoms with van der Waals surface area (Å²) >= 11 is 0. The first-order valence-corrected chi connectivity index (χ1v) is 7.13. The molecule has 0 radical (unpaired) electrons. The van der Waals surface area contributed by atoms with Crippen LogP contribution in [0.4, 0.5) is 0 Å². The van der Waals surface area contributed by atoms with Gasteiger partial charge in [-0.15, -0.1) is 0 Å². The Kier molecular flexibility index (Phi) is 7.74. The molecule has 0 spiro atoms. The van der Waals surface area contributed by atoms with Crippen molar-refractivity contribution in [3.05, 3.63) is 35.9 Å². The third kappa shape index (κ3) is 6.48. The summed E-state index contributed by atoms with van der Waals surface area (Å²) in [7, 11) is 0. The first-order chi connectivity index (χ1) is 8.36. The van der Waals surface area contributed by atoms with E-state index in [1.807, 2.05) is 0 Å².